The summed E-state index contributed by atoms with van der Waals surface area (Å²) in [4.78, 5) is 11.0. The van der Waals surface area contributed by atoms with Crippen molar-refractivity contribution in [3.63, 3.8) is 0 Å². The molecule has 0 aromatic rings. The average Bonchev–Trinajstić information content (AvgIpc) is 2.03. The van der Waals surface area contributed by atoms with E-state index in [9.17, 15) is 0 Å². The Balaban J connectivity index is 0. The molecule has 0 unspecified atom stereocenters. The van der Waals surface area contributed by atoms with Gasteiger partial charge >= 0.3 is 0 Å². The van der Waals surface area contributed by atoms with Crippen molar-refractivity contribution in [3.05, 3.63) is 0 Å². The van der Waals surface area contributed by atoms with E-state index in [0.29, 0.717) is 13.1 Å². The number of carboxylic acids is 1. The van der Waals surface area contributed by atoms with Gasteiger partial charge in [0.2, 0.25) is 0 Å². The highest BCUT2D eigenvalue weighted by Gasteiger charge is 1.97. The molecule has 0 spiro atoms. The summed E-state index contributed by atoms with van der Waals surface area (Å²) in [6.45, 7) is 5.65. The summed E-state index contributed by atoms with van der Waals surface area (Å²) < 4.78 is 0. The zero-order chi connectivity index (χ0) is 10.7. The number of hydrogen-bond donors (Lipinski definition) is 3. The predicted molar refractivity (Wildman–Crippen MR) is 49.6 cm³/mol. The van der Waals surface area contributed by atoms with Crippen LogP contribution in [0.5, 0.6) is 0 Å². The van der Waals surface area contributed by atoms with Crippen LogP contribution < -0.4 is 0 Å². The van der Waals surface area contributed by atoms with E-state index < -0.39 is 5.97 Å². The van der Waals surface area contributed by atoms with Gasteiger partial charge in [-0.15, -0.1) is 0 Å². The average molecular weight is 193 g/mol. The van der Waals surface area contributed by atoms with Crippen LogP contribution >= 0.6 is 0 Å². The molecule has 0 fully saturated rings. The molecule has 0 atom stereocenters. The highest BCUT2D eigenvalue weighted by Crippen LogP contribution is 1.83. The minimum Gasteiger partial charge on any atom is -0.481 e. The van der Waals surface area contributed by atoms with E-state index in [2.05, 4.69) is 0 Å². The molecule has 0 radical (unpaired) electrons. The molecule has 0 aliphatic heterocycles. The van der Waals surface area contributed by atoms with E-state index in [1.165, 1.54) is 0 Å². The highest BCUT2D eigenvalue weighted by atomic mass is 16.4. The number of nitrogens with zero attached hydrogens (tertiary/aromatic N) is 1. The molecule has 0 bridgehead atoms. The molecule has 80 valence electrons. The molecular weight excluding hydrogens is 174 g/mol. The maximum absolute atomic E-state index is 9.00. The van der Waals surface area contributed by atoms with Crippen molar-refractivity contribution in [2.75, 3.05) is 32.8 Å². The van der Waals surface area contributed by atoms with Gasteiger partial charge in [0.15, 0.2) is 0 Å². The number of carboxylic acid groups (broad SMARTS) is 1. The molecule has 0 aliphatic carbocycles. The fourth-order valence-electron chi connectivity index (χ4n) is 0.711. The Hall–Kier alpha value is -0.650. The van der Waals surface area contributed by atoms with Crippen LogP contribution in [0, 0.1) is 0 Å². The number of hydrogen-bond acceptors (Lipinski definition) is 4. The van der Waals surface area contributed by atoms with Gasteiger partial charge in [0.25, 0.3) is 5.97 Å². The van der Waals surface area contributed by atoms with Gasteiger partial charge in [-0.25, -0.2) is 0 Å². The van der Waals surface area contributed by atoms with Crippen LogP contribution in [0.1, 0.15) is 13.8 Å². The summed E-state index contributed by atoms with van der Waals surface area (Å²) in [6, 6.07) is 0. The van der Waals surface area contributed by atoms with Crippen molar-refractivity contribution in [2.45, 2.75) is 13.8 Å². The zero-order valence-electron chi connectivity index (χ0n) is 8.23. The van der Waals surface area contributed by atoms with E-state index in [1.807, 2.05) is 11.8 Å². The topological polar surface area (TPSA) is 81.0 Å². The molecule has 3 N–H and O–H groups in total. The standard InChI is InChI=1S/C6H15NO2.C2H4O2/c1-2-7(3-5-8)4-6-9;1-2(3)4/h8-9H,2-6H2,1H3;1H3,(H,3,4). The van der Waals surface area contributed by atoms with Gasteiger partial charge in [0.05, 0.1) is 13.2 Å². The lowest BCUT2D eigenvalue weighted by Gasteiger charge is -2.16. The molecule has 0 saturated heterocycles. The van der Waals surface area contributed by atoms with Crippen molar-refractivity contribution >= 4 is 5.97 Å². The van der Waals surface area contributed by atoms with E-state index in [1.54, 1.807) is 0 Å². The third-order valence-electron chi connectivity index (χ3n) is 1.28. The maximum Gasteiger partial charge on any atom is 0.300 e. The van der Waals surface area contributed by atoms with E-state index in [4.69, 9.17) is 20.1 Å². The van der Waals surface area contributed by atoms with Crippen LogP contribution in [0.2, 0.25) is 0 Å². The molecule has 0 heterocycles. The summed E-state index contributed by atoms with van der Waals surface area (Å²) in [5, 5.41) is 24.4. The first kappa shape index (κ1) is 14.9. The third kappa shape index (κ3) is 18.4. The molecule has 0 aromatic heterocycles. The predicted octanol–water partition coefficient (Wildman–Crippen LogP) is -0.616. The third-order valence-corrected chi connectivity index (χ3v) is 1.28. The van der Waals surface area contributed by atoms with E-state index in [-0.39, 0.29) is 13.2 Å². The van der Waals surface area contributed by atoms with Crippen molar-refractivity contribution in [1.82, 2.24) is 4.90 Å². The molecule has 13 heavy (non-hydrogen) atoms. The first-order chi connectivity index (χ1) is 6.08. The Labute approximate surface area is 78.6 Å². The van der Waals surface area contributed by atoms with Crippen LogP contribution in [0.25, 0.3) is 0 Å². The molecule has 0 aromatic carbocycles. The Morgan fingerprint density at radius 1 is 1.23 bits per heavy atom. The normalized spacial score (nSPS) is 9.31. The van der Waals surface area contributed by atoms with Gasteiger partial charge in [0, 0.05) is 20.0 Å². The van der Waals surface area contributed by atoms with Crippen LogP contribution in [0.3, 0.4) is 0 Å². The van der Waals surface area contributed by atoms with Gasteiger partial charge < -0.3 is 15.3 Å². The molecule has 0 rings (SSSR count). The smallest absolute Gasteiger partial charge is 0.300 e. The quantitative estimate of drug-likeness (QED) is 0.542. The second kappa shape index (κ2) is 11.4. The number of carbonyl (C=O) groups is 1. The minimum absolute atomic E-state index is 0.174. The lowest BCUT2D eigenvalue weighted by Crippen LogP contribution is -2.29. The number of rotatable bonds is 5. The number of aliphatic hydroxyl groups is 2. The van der Waals surface area contributed by atoms with Crippen molar-refractivity contribution in [1.29, 1.82) is 0 Å². The molecule has 0 amide bonds. The largest absolute Gasteiger partial charge is 0.481 e. The van der Waals surface area contributed by atoms with Gasteiger partial charge in [-0.2, -0.15) is 0 Å². The number of aliphatic hydroxyl groups excluding tert-OH is 2. The Morgan fingerprint density at radius 2 is 1.54 bits per heavy atom. The van der Waals surface area contributed by atoms with Crippen LogP contribution in [0.15, 0.2) is 0 Å². The molecule has 0 saturated carbocycles. The van der Waals surface area contributed by atoms with E-state index in [0.717, 1.165) is 13.5 Å². The maximum atomic E-state index is 9.00. The number of aliphatic carboxylic acids is 1. The number of likely N-dealkylation sites (N-methyl/N-ethyl adjacent to an activating group) is 1. The summed E-state index contributed by atoms with van der Waals surface area (Å²) in [6.07, 6.45) is 0. The zero-order valence-corrected chi connectivity index (χ0v) is 8.23. The monoisotopic (exact) mass is 193 g/mol. The minimum atomic E-state index is -0.833. The van der Waals surface area contributed by atoms with Crippen molar-refractivity contribution in [3.8, 4) is 0 Å². The Kier molecular flexibility index (Phi) is 13.0. The summed E-state index contributed by atoms with van der Waals surface area (Å²) in [5.41, 5.74) is 0. The summed E-state index contributed by atoms with van der Waals surface area (Å²) >= 11 is 0. The summed E-state index contributed by atoms with van der Waals surface area (Å²) in [5.74, 6) is -0.833. The first-order valence-electron chi connectivity index (χ1n) is 4.22. The summed E-state index contributed by atoms with van der Waals surface area (Å²) in [7, 11) is 0. The van der Waals surface area contributed by atoms with Gasteiger partial charge in [-0.1, -0.05) is 6.92 Å². The Bertz CT molecular complexity index is 109. The molecule has 5 nitrogen and oxygen atoms in total. The molecule has 0 aliphatic rings. The fraction of sp³-hybridized carbons (Fsp3) is 0.875. The molecule has 5 heteroatoms. The van der Waals surface area contributed by atoms with Crippen LogP contribution in [-0.2, 0) is 4.79 Å². The second-order valence-electron chi connectivity index (χ2n) is 2.40. The highest BCUT2D eigenvalue weighted by molar-refractivity contribution is 5.62. The Morgan fingerprint density at radius 3 is 1.69 bits per heavy atom. The van der Waals surface area contributed by atoms with E-state index >= 15 is 0 Å². The molecular formula is C8H19NO4. The van der Waals surface area contributed by atoms with Gasteiger partial charge in [-0.3, -0.25) is 9.69 Å². The van der Waals surface area contributed by atoms with Crippen LogP contribution in [0.4, 0.5) is 0 Å². The van der Waals surface area contributed by atoms with Crippen LogP contribution in [-0.4, -0.2) is 59.0 Å². The van der Waals surface area contributed by atoms with Crippen molar-refractivity contribution in [2.24, 2.45) is 0 Å². The lowest BCUT2D eigenvalue weighted by atomic mass is 10.5. The first-order valence-corrected chi connectivity index (χ1v) is 4.22. The fourth-order valence-corrected chi connectivity index (χ4v) is 0.711. The lowest BCUT2D eigenvalue weighted by molar-refractivity contribution is -0.134. The van der Waals surface area contributed by atoms with Crippen molar-refractivity contribution < 1.29 is 20.1 Å². The van der Waals surface area contributed by atoms with Gasteiger partial charge in [-0.05, 0) is 6.54 Å². The van der Waals surface area contributed by atoms with Gasteiger partial charge in [0.1, 0.15) is 0 Å². The SMILES string of the molecule is CC(=O)O.CCN(CCO)CCO. The second-order valence-corrected chi connectivity index (χ2v) is 2.40.